The van der Waals surface area contributed by atoms with Gasteiger partial charge in [-0.2, -0.15) is 0 Å². The molecule has 0 aliphatic heterocycles. The van der Waals surface area contributed by atoms with Gasteiger partial charge in [0, 0.05) is 8.80 Å². The normalized spacial score (nSPS) is 13.6. The Morgan fingerprint density at radius 1 is 0.800 bits per heavy atom. The van der Waals surface area contributed by atoms with Gasteiger partial charge in [-0.3, -0.25) is 0 Å². The molecular weight excluding hydrogens is 196 g/mol. The lowest BCUT2D eigenvalue weighted by Crippen LogP contribution is -2.34. The Morgan fingerprint density at radius 3 is 1.33 bits per heavy atom. The molecule has 0 aromatic heterocycles. The summed E-state index contributed by atoms with van der Waals surface area (Å²) in [6.07, 6.45) is 0. The summed E-state index contributed by atoms with van der Waals surface area (Å²) in [5, 5.41) is 0.620. The van der Waals surface area contributed by atoms with Crippen LogP contribution in [-0.2, 0) is 0 Å². The molecule has 0 saturated carbocycles. The van der Waals surface area contributed by atoms with Gasteiger partial charge in [0.25, 0.3) is 0 Å². The van der Waals surface area contributed by atoms with E-state index in [9.17, 15) is 0 Å². The van der Waals surface area contributed by atoms with Crippen molar-refractivity contribution in [2.45, 2.75) is 72.5 Å². The first-order valence-corrected chi connectivity index (χ1v) is 8.88. The largest absolute Gasteiger partial charge is 0.0631 e. The second kappa shape index (κ2) is 6.08. The van der Waals surface area contributed by atoms with E-state index < -0.39 is 8.80 Å². The van der Waals surface area contributed by atoms with E-state index in [0.717, 1.165) is 17.8 Å². The molecule has 0 aliphatic rings. The van der Waals surface area contributed by atoms with E-state index in [0.29, 0.717) is 5.04 Å². The molecule has 0 amide bonds. The molecule has 0 aromatic rings. The summed E-state index contributed by atoms with van der Waals surface area (Å²) >= 11 is 0. The zero-order valence-corrected chi connectivity index (χ0v) is 13.4. The predicted octanol–water partition coefficient (Wildman–Crippen LogP) is 4.96. The molecule has 92 valence electrons. The van der Waals surface area contributed by atoms with Crippen molar-refractivity contribution < 1.29 is 0 Å². The van der Waals surface area contributed by atoms with E-state index in [-0.39, 0.29) is 0 Å². The van der Waals surface area contributed by atoms with Crippen molar-refractivity contribution in [2.24, 2.45) is 17.8 Å². The van der Waals surface area contributed by atoms with Crippen molar-refractivity contribution in [1.82, 2.24) is 0 Å². The monoisotopic (exact) mass is 228 g/mol. The molecule has 0 bridgehead atoms. The van der Waals surface area contributed by atoms with Crippen molar-refractivity contribution in [2.75, 3.05) is 0 Å². The van der Waals surface area contributed by atoms with Crippen molar-refractivity contribution in [3.63, 3.8) is 0 Å². The highest BCUT2D eigenvalue weighted by Crippen LogP contribution is 2.42. The molecule has 0 nitrogen and oxygen atoms in total. The standard InChI is InChI=1S/C14H32Si/c1-11(2)9-15(10-12(3)4)14(7,8)13(5)6/h11-13,15H,9-10H2,1-8H3. The highest BCUT2D eigenvalue weighted by Gasteiger charge is 2.34. The third-order valence-electron chi connectivity index (χ3n) is 4.05. The fourth-order valence-corrected chi connectivity index (χ4v) is 6.94. The molecule has 0 aromatic carbocycles. The minimum atomic E-state index is -0.617. The molecular formula is C14H32Si. The Kier molecular flexibility index (Phi) is 6.16. The fourth-order valence-electron chi connectivity index (χ4n) is 2.31. The summed E-state index contributed by atoms with van der Waals surface area (Å²) in [6.45, 7) is 19.4. The van der Waals surface area contributed by atoms with Crippen LogP contribution in [0.3, 0.4) is 0 Å². The van der Waals surface area contributed by atoms with E-state index in [2.05, 4.69) is 55.4 Å². The second-order valence-corrected chi connectivity index (χ2v) is 10.8. The first kappa shape index (κ1) is 15.2. The van der Waals surface area contributed by atoms with Crippen LogP contribution in [0.25, 0.3) is 0 Å². The van der Waals surface area contributed by atoms with Crippen LogP contribution in [0.2, 0.25) is 17.1 Å². The van der Waals surface area contributed by atoms with Gasteiger partial charge in [0.15, 0.2) is 0 Å². The van der Waals surface area contributed by atoms with E-state index in [1.165, 1.54) is 12.1 Å². The lowest BCUT2D eigenvalue weighted by atomic mass is 9.99. The summed E-state index contributed by atoms with van der Waals surface area (Å²) in [5.41, 5.74) is 0. The van der Waals surface area contributed by atoms with Gasteiger partial charge in [-0.1, -0.05) is 67.5 Å². The van der Waals surface area contributed by atoms with E-state index in [4.69, 9.17) is 0 Å². The van der Waals surface area contributed by atoms with Crippen LogP contribution in [-0.4, -0.2) is 8.80 Å². The molecule has 15 heavy (non-hydrogen) atoms. The van der Waals surface area contributed by atoms with Crippen LogP contribution in [0.1, 0.15) is 55.4 Å². The zero-order valence-electron chi connectivity index (χ0n) is 12.2. The number of hydrogen-bond donors (Lipinski definition) is 0. The second-order valence-electron chi connectivity index (χ2n) is 6.93. The lowest BCUT2D eigenvalue weighted by molar-refractivity contribution is 0.454. The quantitative estimate of drug-likeness (QED) is 0.564. The molecule has 0 spiro atoms. The van der Waals surface area contributed by atoms with Gasteiger partial charge < -0.3 is 0 Å². The summed E-state index contributed by atoms with van der Waals surface area (Å²) in [7, 11) is -0.617. The van der Waals surface area contributed by atoms with Crippen molar-refractivity contribution >= 4 is 8.80 Å². The molecule has 1 heteroatoms. The van der Waals surface area contributed by atoms with Crippen molar-refractivity contribution in [1.29, 1.82) is 0 Å². The van der Waals surface area contributed by atoms with E-state index >= 15 is 0 Å². The molecule has 0 atom stereocenters. The van der Waals surface area contributed by atoms with Gasteiger partial charge in [0.1, 0.15) is 0 Å². The van der Waals surface area contributed by atoms with Gasteiger partial charge in [-0.15, -0.1) is 0 Å². The number of rotatable bonds is 6. The molecule has 0 unspecified atom stereocenters. The predicted molar refractivity (Wildman–Crippen MR) is 75.3 cm³/mol. The zero-order chi connectivity index (χ0) is 12.2. The SMILES string of the molecule is CC(C)C[SiH](CC(C)C)C(C)(C)C(C)C. The average molecular weight is 228 g/mol. The maximum absolute atomic E-state index is 2.51. The Hall–Kier alpha value is 0.217. The van der Waals surface area contributed by atoms with Crippen molar-refractivity contribution in [3.05, 3.63) is 0 Å². The smallest absolute Gasteiger partial charge is 0.0434 e. The van der Waals surface area contributed by atoms with Gasteiger partial charge in [0.2, 0.25) is 0 Å². The van der Waals surface area contributed by atoms with Crippen LogP contribution in [0.15, 0.2) is 0 Å². The summed E-state index contributed by atoms with van der Waals surface area (Å²) in [5.74, 6) is 2.61. The van der Waals surface area contributed by atoms with Crippen LogP contribution < -0.4 is 0 Å². The maximum atomic E-state index is 2.51. The molecule has 0 heterocycles. The first-order chi connectivity index (χ1) is 6.67. The highest BCUT2D eigenvalue weighted by atomic mass is 28.3. The number of hydrogen-bond acceptors (Lipinski definition) is 0. The molecule has 0 rings (SSSR count). The molecule has 0 fully saturated rings. The molecule has 0 radical (unpaired) electrons. The Bertz CT molecular complexity index is 158. The van der Waals surface area contributed by atoms with E-state index in [1.807, 2.05) is 0 Å². The lowest BCUT2D eigenvalue weighted by Gasteiger charge is -2.39. The molecule has 0 saturated heterocycles. The van der Waals surface area contributed by atoms with Crippen LogP contribution in [0, 0.1) is 17.8 Å². The first-order valence-electron chi connectivity index (χ1n) is 6.67. The topological polar surface area (TPSA) is 0 Å². The minimum absolute atomic E-state index is 0.617. The summed E-state index contributed by atoms with van der Waals surface area (Å²) in [4.78, 5) is 0. The van der Waals surface area contributed by atoms with Gasteiger partial charge in [-0.25, -0.2) is 0 Å². The third-order valence-corrected chi connectivity index (χ3v) is 9.85. The fraction of sp³-hybridized carbons (Fsp3) is 1.00. The molecule has 0 N–H and O–H groups in total. The summed E-state index contributed by atoms with van der Waals surface area (Å²) in [6, 6.07) is 3.03. The Labute approximate surface area is 99.5 Å². The summed E-state index contributed by atoms with van der Waals surface area (Å²) < 4.78 is 0. The van der Waals surface area contributed by atoms with E-state index in [1.54, 1.807) is 0 Å². The highest BCUT2D eigenvalue weighted by molar-refractivity contribution is 6.62. The Balaban J connectivity index is 4.60. The average Bonchev–Trinajstić information content (AvgIpc) is 2.00. The van der Waals surface area contributed by atoms with Crippen LogP contribution in [0.4, 0.5) is 0 Å². The Morgan fingerprint density at radius 2 is 1.13 bits per heavy atom. The van der Waals surface area contributed by atoms with Crippen LogP contribution in [0.5, 0.6) is 0 Å². The van der Waals surface area contributed by atoms with Gasteiger partial charge in [-0.05, 0) is 22.8 Å². The van der Waals surface area contributed by atoms with Gasteiger partial charge in [0.05, 0.1) is 0 Å². The van der Waals surface area contributed by atoms with Gasteiger partial charge >= 0.3 is 0 Å². The van der Waals surface area contributed by atoms with Crippen LogP contribution >= 0.6 is 0 Å². The van der Waals surface area contributed by atoms with Crippen molar-refractivity contribution in [3.8, 4) is 0 Å². The maximum Gasteiger partial charge on any atom is 0.0434 e. The third kappa shape index (κ3) is 5.19. The minimum Gasteiger partial charge on any atom is -0.0631 e. The molecule has 0 aliphatic carbocycles.